The summed E-state index contributed by atoms with van der Waals surface area (Å²) in [7, 11) is 0. The molecule has 0 spiro atoms. The topological polar surface area (TPSA) is 124 Å². The van der Waals surface area contributed by atoms with Crippen LogP contribution in [-0.2, 0) is 33.4 Å². The van der Waals surface area contributed by atoms with Crippen LogP contribution in [0.25, 0.3) is 0 Å². The number of fused-ring (bicyclic) bond motifs is 2. The monoisotopic (exact) mass is 444 g/mol. The van der Waals surface area contributed by atoms with Crippen LogP contribution in [0.1, 0.15) is 60.8 Å². The zero-order valence-corrected chi connectivity index (χ0v) is 19.2. The van der Waals surface area contributed by atoms with Gasteiger partial charge in [0.2, 0.25) is 11.6 Å². The molecule has 0 amide bonds. The summed E-state index contributed by atoms with van der Waals surface area (Å²) in [6.07, 6.45) is 1.87. The van der Waals surface area contributed by atoms with E-state index < -0.39 is 63.1 Å². The van der Waals surface area contributed by atoms with E-state index in [1.165, 1.54) is 13.8 Å². The highest BCUT2D eigenvalue weighted by atomic mass is 16.5. The van der Waals surface area contributed by atoms with Crippen molar-refractivity contribution in [3.63, 3.8) is 0 Å². The Balaban J connectivity index is 2.23. The maximum atomic E-state index is 13.7. The minimum Gasteiger partial charge on any atom is -0.504 e. The number of hydrogen-bond donors (Lipinski definition) is 1. The summed E-state index contributed by atoms with van der Waals surface area (Å²) in [5.41, 5.74) is -1.83. The summed E-state index contributed by atoms with van der Waals surface area (Å²) in [6, 6.07) is 0. The largest absolute Gasteiger partial charge is 0.504 e. The minimum atomic E-state index is -1.06. The third-order valence-electron chi connectivity index (χ3n) is 6.61. The van der Waals surface area contributed by atoms with Gasteiger partial charge in [0.1, 0.15) is 0 Å². The van der Waals surface area contributed by atoms with Gasteiger partial charge in [0.05, 0.1) is 17.8 Å². The Hall–Kier alpha value is -3.03. The van der Waals surface area contributed by atoms with Crippen molar-refractivity contribution in [2.75, 3.05) is 6.61 Å². The Morgan fingerprint density at radius 2 is 1.62 bits per heavy atom. The molecule has 0 aliphatic heterocycles. The molecule has 0 heterocycles. The molecule has 0 radical (unpaired) electrons. The lowest BCUT2D eigenvalue weighted by atomic mass is 9.52. The summed E-state index contributed by atoms with van der Waals surface area (Å²) in [4.78, 5) is 63.5. The Bertz CT molecular complexity index is 1050. The second-order valence-electron chi connectivity index (χ2n) is 9.57. The van der Waals surface area contributed by atoms with Gasteiger partial charge < -0.3 is 14.6 Å². The molecule has 8 nitrogen and oxygen atoms in total. The number of allylic oxidation sites excluding steroid dienone is 3. The van der Waals surface area contributed by atoms with Crippen LogP contribution < -0.4 is 0 Å². The Labute approximate surface area is 186 Å². The number of Topliss-reactive ketones (excluding diaryl/α,β-unsaturated/α-hetero) is 3. The summed E-state index contributed by atoms with van der Waals surface area (Å²) >= 11 is 0. The smallest absolute Gasteiger partial charge is 0.308 e. The SMILES string of the molecule is CC(=O)OCC(C)C1=C(OC(C)=O)C(=O)C2=C(C(=O)C(O)=C3C(C)(C)CCC[C@]23C)C1=O. The van der Waals surface area contributed by atoms with E-state index in [1.54, 1.807) is 6.92 Å². The minimum absolute atomic E-state index is 0.0345. The molecule has 32 heavy (non-hydrogen) atoms. The van der Waals surface area contributed by atoms with Gasteiger partial charge in [-0.2, -0.15) is 0 Å². The van der Waals surface area contributed by atoms with Gasteiger partial charge in [-0.3, -0.25) is 24.0 Å². The van der Waals surface area contributed by atoms with Crippen molar-refractivity contribution < 1.29 is 38.6 Å². The Kier molecular flexibility index (Phi) is 5.78. The summed E-state index contributed by atoms with van der Waals surface area (Å²) < 4.78 is 10.2. The van der Waals surface area contributed by atoms with Gasteiger partial charge in [-0.05, 0) is 23.8 Å². The zero-order valence-electron chi connectivity index (χ0n) is 19.2. The molecule has 0 bridgehead atoms. The van der Waals surface area contributed by atoms with Crippen LogP contribution in [0.2, 0.25) is 0 Å². The second-order valence-corrected chi connectivity index (χ2v) is 9.57. The number of ether oxygens (including phenoxy) is 2. The zero-order chi connectivity index (χ0) is 24.2. The number of ketones is 3. The lowest BCUT2D eigenvalue weighted by molar-refractivity contribution is -0.143. The average molecular weight is 444 g/mol. The average Bonchev–Trinajstić information content (AvgIpc) is 2.65. The molecular formula is C24H28O8. The maximum Gasteiger partial charge on any atom is 0.308 e. The van der Waals surface area contributed by atoms with Gasteiger partial charge in [0.25, 0.3) is 0 Å². The molecular weight excluding hydrogens is 416 g/mol. The Morgan fingerprint density at radius 3 is 2.19 bits per heavy atom. The highest BCUT2D eigenvalue weighted by molar-refractivity contribution is 6.39. The number of carbonyl (C=O) groups is 5. The Morgan fingerprint density at radius 1 is 1.00 bits per heavy atom. The van der Waals surface area contributed by atoms with Crippen LogP contribution in [0, 0.1) is 16.7 Å². The molecule has 1 N–H and O–H groups in total. The lowest BCUT2D eigenvalue weighted by Gasteiger charge is -2.49. The van der Waals surface area contributed by atoms with Crippen LogP contribution in [0.4, 0.5) is 0 Å². The summed E-state index contributed by atoms with van der Waals surface area (Å²) in [5.74, 6) is -5.57. The second kappa shape index (κ2) is 7.83. The standard InChI is InChI=1S/C24H28O8/c1-11(10-31-12(2)25)14-17(27)15-16(19(29)21(14)32-13(3)26)24(6)9-7-8-23(4,5)22(24)20(30)18(15)28/h11,30H,7-10H2,1-6H3/t11?,24-/m1/s1. The molecule has 3 aliphatic carbocycles. The van der Waals surface area contributed by atoms with Crippen molar-refractivity contribution in [3.05, 3.63) is 33.8 Å². The number of carbonyl (C=O) groups excluding carboxylic acids is 5. The van der Waals surface area contributed by atoms with E-state index in [0.717, 1.165) is 13.3 Å². The maximum absolute atomic E-state index is 13.7. The molecule has 1 unspecified atom stereocenters. The number of rotatable bonds is 4. The quantitative estimate of drug-likeness (QED) is 0.399. The first-order chi connectivity index (χ1) is 14.7. The molecule has 0 aromatic carbocycles. The van der Waals surface area contributed by atoms with E-state index in [0.29, 0.717) is 18.4 Å². The molecule has 0 aromatic rings. The third kappa shape index (κ3) is 3.51. The molecule has 1 saturated carbocycles. The first-order valence-electron chi connectivity index (χ1n) is 10.6. The predicted molar refractivity (Wildman–Crippen MR) is 112 cm³/mol. The van der Waals surface area contributed by atoms with Crippen molar-refractivity contribution in [2.24, 2.45) is 16.7 Å². The van der Waals surface area contributed by atoms with Crippen LogP contribution in [0.3, 0.4) is 0 Å². The van der Waals surface area contributed by atoms with E-state index in [1.807, 2.05) is 13.8 Å². The highest BCUT2D eigenvalue weighted by Crippen LogP contribution is 2.59. The van der Waals surface area contributed by atoms with Gasteiger partial charge in [0.15, 0.2) is 17.3 Å². The van der Waals surface area contributed by atoms with Crippen molar-refractivity contribution in [3.8, 4) is 0 Å². The molecule has 2 atom stereocenters. The van der Waals surface area contributed by atoms with Crippen LogP contribution in [0.15, 0.2) is 33.8 Å². The third-order valence-corrected chi connectivity index (χ3v) is 6.61. The first kappa shape index (κ1) is 23.6. The molecule has 8 heteroatoms. The van der Waals surface area contributed by atoms with Crippen molar-refractivity contribution in [1.29, 1.82) is 0 Å². The summed E-state index contributed by atoms with van der Waals surface area (Å²) in [6.45, 7) is 9.10. The normalized spacial score (nSPS) is 26.0. The highest BCUT2D eigenvalue weighted by Gasteiger charge is 2.57. The molecule has 3 rings (SSSR count). The number of aliphatic hydroxyl groups is 1. The van der Waals surface area contributed by atoms with Crippen LogP contribution >= 0.6 is 0 Å². The van der Waals surface area contributed by atoms with Gasteiger partial charge in [-0.15, -0.1) is 0 Å². The van der Waals surface area contributed by atoms with Gasteiger partial charge in [0, 0.05) is 30.8 Å². The predicted octanol–water partition coefficient (Wildman–Crippen LogP) is 3.06. The first-order valence-corrected chi connectivity index (χ1v) is 10.6. The van der Waals surface area contributed by atoms with Crippen LogP contribution in [-0.4, -0.2) is 41.0 Å². The molecule has 0 saturated heterocycles. The van der Waals surface area contributed by atoms with Crippen molar-refractivity contribution in [2.45, 2.75) is 60.8 Å². The number of esters is 2. The lowest BCUT2D eigenvalue weighted by Crippen LogP contribution is -2.47. The van der Waals surface area contributed by atoms with Gasteiger partial charge in [-0.1, -0.05) is 34.1 Å². The van der Waals surface area contributed by atoms with Crippen molar-refractivity contribution in [1.82, 2.24) is 0 Å². The number of aliphatic hydroxyl groups excluding tert-OH is 1. The van der Waals surface area contributed by atoms with Crippen LogP contribution in [0.5, 0.6) is 0 Å². The van der Waals surface area contributed by atoms with E-state index in [9.17, 15) is 29.1 Å². The van der Waals surface area contributed by atoms with E-state index >= 15 is 0 Å². The molecule has 3 aliphatic rings. The molecule has 172 valence electrons. The fourth-order valence-electron chi connectivity index (χ4n) is 5.41. The number of hydrogen-bond acceptors (Lipinski definition) is 8. The fourth-order valence-corrected chi connectivity index (χ4v) is 5.41. The van der Waals surface area contributed by atoms with E-state index in [4.69, 9.17) is 9.47 Å². The van der Waals surface area contributed by atoms with Crippen molar-refractivity contribution >= 4 is 29.3 Å². The van der Waals surface area contributed by atoms with E-state index in [2.05, 4.69) is 0 Å². The van der Waals surface area contributed by atoms with Gasteiger partial charge >= 0.3 is 11.9 Å². The van der Waals surface area contributed by atoms with E-state index in [-0.39, 0.29) is 17.8 Å². The fraction of sp³-hybridized carbons (Fsp3) is 0.542. The summed E-state index contributed by atoms with van der Waals surface area (Å²) in [5, 5.41) is 10.9. The van der Waals surface area contributed by atoms with Gasteiger partial charge in [-0.25, -0.2) is 0 Å². The molecule has 1 fully saturated rings. The molecule has 0 aromatic heterocycles.